The number of halogens is 1. The van der Waals surface area contributed by atoms with Crippen LogP contribution in [0.5, 0.6) is 5.75 Å². The van der Waals surface area contributed by atoms with Gasteiger partial charge < -0.3 is 10.1 Å². The Bertz CT molecular complexity index is 694. The van der Waals surface area contributed by atoms with Crippen molar-refractivity contribution < 1.29 is 9.53 Å². The summed E-state index contributed by atoms with van der Waals surface area (Å²) in [6, 6.07) is 9.36. The van der Waals surface area contributed by atoms with Crippen LogP contribution in [0.4, 0.5) is 0 Å². The number of carbonyl (C=O) groups is 1. The van der Waals surface area contributed by atoms with Crippen molar-refractivity contribution in [3.63, 3.8) is 0 Å². The van der Waals surface area contributed by atoms with Gasteiger partial charge in [-0.15, -0.1) is 11.3 Å². The fourth-order valence-corrected chi connectivity index (χ4v) is 3.09. The van der Waals surface area contributed by atoms with Gasteiger partial charge in [-0.25, -0.2) is 0 Å². The Kier molecular flexibility index (Phi) is 3.99. The van der Waals surface area contributed by atoms with Crippen LogP contribution in [0, 0.1) is 0 Å². The number of carbonyl (C=O) groups excluding carboxylic acids is 1. The summed E-state index contributed by atoms with van der Waals surface area (Å²) >= 11 is 7.60. The van der Waals surface area contributed by atoms with Crippen molar-refractivity contribution >= 4 is 34.9 Å². The number of thiophene rings is 1. The fourth-order valence-electron chi connectivity index (χ4n) is 2.18. The molecule has 0 unspecified atom stereocenters. The Morgan fingerprint density at radius 2 is 2.29 bits per heavy atom. The van der Waals surface area contributed by atoms with Crippen molar-refractivity contribution in [3.05, 3.63) is 56.7 Å². The van der Waals surface area contributed by atoms with E-state index in [1.54, 1.807) is 23.5 Å². The van der Waals surface area contributed by atoms with E-state index in [1.165, 1.54) is 0 Å². The summed E-state index contributed by atoms with van der Waals surface area (Å²) in [5, 5.41) is 5.61. The second-order valence-corrected chi connectivity index (χ2v) is 6.27. The van der Waals surface area contributed by atoms with E-state index in [9.17, 15) is 4.79 Å². The molecule has 1 aliphatic heterocycles. The number of hydrogen-bond acceptors (Lipinski definition) is 3. The third-order valence-corrected chi connectivity index (χ3v) is 4.58. The second kappa shape index (κ2) is 5.92. The summed E-state index contributed by atoms with van der Waals surface area (Å²) in [5.74, 6) is 0.642. The van der Waals surface area contributed by atoms with Crippen LogP contribution in [0.1, 0.15) is 23.4 Å². The number of fused-ring (bicyclic) bond motifs is 1. The monoisotopic (exact) mass is 319 g/mol. The van der Waals surface area contributed by atoms with Crippen LogP contribution in [0.25, 0.3) is 6.08 Å². The zero-order chi connectivity index (χ0) is 14.8. The number of benzene rings is 1. The van der Waals surface area contributed by atoms with Gasteiger partial charge >= 0.3 is 0 Å². The van der Waals surface area contributed by atoms with Crippen LogP contribution in [-0.4, -0.2) is 12.5 Å². The van der Waals surface area contributed by atoms with Gasteiger partial charge in [-0.2, -0.15) is 0 Å². The van der Waals surface area contributed by atoms with Gasteiger partial charge in [0.15, 0.2) is 0 Å². The first-order valence-corrected chi connectivity index (χ1v) is 7.86. The summed E-state index contributed by atoms with van der Waals surface area (Å²) < 4.78 is 5.60. The molecule has 2 heterocycles. The lowest BCUT2D eigenvalue weighted by Crippen LogP contribution is -2.30. The molecule has 0 spiro atoms. The predicted molar refractivity (Wildman–Crippen MR) is 85.8 cm³/mol. The lowest BCUT2D eigenvalue weighted by Gasteiger charge is -2.19. The van der Waals surface area contributed by atoms with Crippen LogP contribution in [0.15, 0.2) is 41.3 Å². The topological polar surface area (TPSA) is 38.3 Å². The molecule has 0 bridgehead atoms. The predicted octanol–water partition coefficient (Wildman–Crippen LogP) is 4.05. The number of hydrogen-bond donors (Lipinski definition) is 1. The zero-order valence-corrected chi connectivity index (χ0v) is 13.0. The maximum Gasteiger partial charge on any atom is 0.251 e. The van der Waals surface area contributed by atoms with Gasteiger partial charge in [-0.05, 0) is 42.6 Å². The van der Waals surface area contributed by atoms with Crippen LogP contribution in [0.2, 0.25) is 5.02 Å². The lowest BCUT2D eigenvalue weighted by molar-refractivity contribution is -0.118. The molecule has 1 aliphatic rings. The van der Waals surface area contributed by atoms with Crippen molar-refractivity contribution in [2.45, 2.75) is 13.0 Å². The van der Waals surface area contributed by atoms with E-state index in [-0.39, 0.29) is 18.6 Å². The van der Waals surface area contributed by atoms with Gasteiger partial charge in [-0.1, -0.05) is 17.7 Å². The molecule has 1 atom stereocenters. The normalized spacial score (nSPS) is 14.7. The summed E-state index contributed by atoms with van der Waals surface area (Å²) in [5.41, 5.74) is 1.44. The van der Waals surface area contributed by atoms with Gasteiger partial charge in [-0.3, -0.25) is 4.79 Å². The summed E-state index contributed by atoms with van der Waals surface area (Å²) in [7, 11) is 0. The van der Waals surface area contributed by atoms with E-state index in [0.29, 0.717) is 10.6 Å². The summed E-state index contributed by atoms with van der Waals surface area (Å²) in [4.78, 5) is 13.4. The smallest absolute Gasteiger partial charge is 0.251 e. The molecule has 3 nitrogen and oxygen atoms in total. The van der Waals surface area contributed by atoms with Gasteiger partial charge in [0, 0.05) is 15.5 Å². The molecule has 1 N–H and O–H groups in total. The first-order valence-electron chi connectivity index (χ1n) is 6.60. The summed E-state index contributed by atoms with van der Waals surface area (Å²) in [6.07, 6.45) is 1.83. The first kappa shape index (κ1) is 14.2. The number of nitrogens with one attached hydrogen (secondary N) is 1. The number of ether oxygens (including phenoxy) is 1. The molecule has 3 rings (SSSR count). The molecule has 0 aliphatic carbocycles. The van der Waals surface area contributed by atoms with E-state index in [2.05, 4.69) is 5.32 Å². The Morgan fingerprint density at radius 1 is 1.43 bits per heavy atom. The molecule has 2 aromatic rings. The van der Waals surface area contributed by atoms with E-state index >= 15 is 0 Å². The molecule has 0 saturated carbocycles. The molecular formula is C16H14ClNO2S. The highest BCUT2D eigenvalue weighted by Crippen LogP contribution is 2.29. The first-order chi connectivity index (χ1) is 10.1. The van der Waals surface area contributed by atoms with Crippen LogP contribution >= 0.6 is 22.9 Å². The fraction of sp³-hybridized carbons (Fsp3) is 0.188. The lowest BCUT2D eigenvalue weighted by atomic mass is 10.1. The van der Waals surface area contributed by atoms with Crippen molar-refractivity contribution in [2.75, 3.05) is 6.61 Å². The standard InChI is InChI=1S/C16H14ClNO2S/c1-10(15-3-2-6-21-15)18-16(19)12-7-11-8-13(17)4-5-14(11)20-9-12/h2-8,10H,9H2,1H3,(H,18,19)/t10-/m0/s1. The third kappa shape index (κ3) is 3.12. The molecule has 1 amide bonds. The number of rotatable bonds is 3. The Labute approximate surface area is 132 Å². The van der Waals surface area contributed by atoms with Crippen LogP contribution in [0.3, 0.4) is 0 Å². The van der Waals surface area contributed by atoms with E-state index < -0.39 is 0 Å². The molecule has 108 valence electrons. The minimum absolute atomic E-state index is 0.0147. The highest BCUT2D eigenvalue weighted by molar-refractivity contribution is 7.10. The van der Waals surface area contributed by atoms with Crippen molar-refractivity contribution in [1.29, 1.82) is 0 Å². The van der Waals surface area contributed by atoms with Gasteiger partial charge in [0.2, 0.25) is 0 Å². The molecule has 21 heavy (non-hydrogen) atoms. The van der Waals surface area contributed by atoms with Gasteiger partial charge in [0.05, 0.1) is 11.6 Å². The largest absolute Gasteiger partial charge is 0.488 e. The van der Waals surface area contributed by atoms with Crippen molar-refractivity contribution in [2.24, 2.45) is 0 Å². The van der Waals surface area contributed by atoms with Gasteiger partial charge in [0.25, 0.3) is 5.91 Å². The Hall–Kier alpha value is -1.78. The zero-order valence-electron chi connectivity index (χ0n) is 11.4. The molecule has 1 aromatic carbocycles. The molecule has 5 heteroatoms. The van der Waals surface area contributed by atoms with E-state index in [4.69, 9.17) is 16.3 Å². The maximum absolute atomic E-state index is 12.3. The van der Waals surface area contributed by atoms with Crippen LogP contribution < -0.4 is 10.1 Å². The molecule has 1 aromatic heterocycles. The SMILES string of the molecule is C[C@H](NC(=O)C1=Cc2cc(Cl)ccc2OC1)c1cccs1. The van der Waals surface area contributed by atoms with Crippen molar-refractivity contribution in [3.8, 4) is 5.75 Å². The van der Waals surface area contributed by atoms with Crippen LogP contribution in [-0.2, 0) is 4.79 Å². The van der Waals surface area contributed by atoms with Crippen molar-refractivity contribution in [1.82, 2.24) is 5.32 Å². The molecule has 0 fully saturated rings. The average molecular weight is 320 g/mol. The maximum atomic E-state index is 12.3. The van der Waals surface area contributed by atoms with E-state index in [1.807, 2.05) is 36.6 Å². The average Bonchev–Trinajstić information content (AvgIpc) is 3.00. The molecular weight excluding hydrogens is 306 g/mol. The Morgan fingerprint density at radius 3 is 3.05 bits per heavy atom. The molecule has 0 saturated heterocycles. The van der Waals surface area contributed by atoms with E-state index in [0.717, 1.165) is 16.2 Å². The molecule has 0 radical (unpaired) electrons. The Balaban J connectivity index is 1.76. The minimum atomic E-state index is -0.110. The third-order valence-electron chi connectivity index (χ3n) is 3.29. The number of amides is 1. The quantitative estimate of drug-likeness (QED) is 0.926. The highest BCUT2D eigenvalue weighted by Gasteiger charge is 2.19. The van der Waals surface area contributed by atoms with Gasteiger partial charge in [0.1, 0.15) is 12.4 Å². The minimum Gasteiger partial charge on any atom is -0.488 e. The summed E-state index contributed by atoms with van der Waals surface area (Å²) in [6.45, 7) is 2.25. The highest BCUT2D eigenvalue weighted by atomic mass is 35.5. The second-order valence-electron chi connectivity index (χ2n) is 4.85.